The highest BCUT2D eigenvalue weighted by molar-refractivity contribution is 9.10. The predicted molar refractivity (Wildman–Crippen MR) is 86.7 cm³/mol. The van der Waals surface area contributed by atoms with Gasteiger partial charge in [-0.1, -0.05) is 20.8 Å². The zero-order valence-corrected chi connectivity index (χ0v) is 14.4. The number of benzene rings is 1. The SMILES string of the molecule is CC(C)(C)c1cc(CCl)cc(Oc2cc(F)ccc2Br)n1. The molecule has 0 amide bonds. The number of nitrogens with zero attached hydrogens (tertiary/aromatic N) is 1. The van der Waals surface area contributed by atoms with Crippen molar-refractivity contribution in [3.63, 3.8) is 0 Å². The first-order chi connectivity index (χ1) is 9.79. The molecule has 0 unspecified atom stereocenters. The van der Waals surface area contributed by atoms with Crippen molar-refractivity contribution in [3.8, 4) is 11.6 Å². The first-order valence-corrected chi connectivity index (χ1v) is 7.82. The van der Waals surface area contributed by atoms with Gasteiger partial charge in [-0.05, 0) is 39.7 Å². The molecule has 1 aromatic carbocycles. The van der Waals surface area contributed by atoms with Crippen LogP contribution in [0.1, 0.15) is 32.0 Å². The van der Waals surface area contributed by atoms with E-state index in [4.69, 9.17) is 16.3 Å². The van der Waals surface area contributed by atoms with Gasteiger partial charge in [0.2, 0.25) is 5.88 Å². The van der Waals surface area contributed by atoms with Crippen LogP contribution in [0.3, 0.4) is 0 Å². The Morgan fingerprint density at radius 3 is 2.57 bits per heavy atom. The van der Waals surface area contributed by atoms with Crippen molar-refractivity contribution in [1.82, 2.24) is 4.98 Å². The maximum absolute atomic E-state index is 13.3. The Morgan fingerprint density at radius 1 is 1.24 bits per heavy atom. The number of ether oxygens (including phenoxy) is 1. The van der Waals surface area contributed by atoms with Crippen LogP contribution in [-0.2, 0) is 11.3 Å². The summed E-state index contributed by atoms with van der Waals surface area (Å²) in [6, 6.07) is 8.00. The maximum Gasteiger partial charge on any atom is 0.219 e. The van der Waals surface area contributed by atoms with E-state index < -0.39 is 0 Å². The lowest BCUT2D eigenvalue weighted by molar-refractivity contribution is 0.444. The molecule has 0 aliphatic rings. The monoisotopic (exact) mass is 371 g/mol. The van der Waals surface area contributed by atoms with Gasteiger partial charge in [0, 0.05) is 23.4 Å². The number of rotatable bonds is 3. The molecule has 0 saturated heterocycles. The van der Waals surface area contributed by atoms with Gasteiger partial charge in [0.05, 0.1) is 10.2 Å². The third kappa shape index (κ3) is 4.17. The zero-order chi connectivity index (χ0) is 15.6. The second kappa shape index (κ2) is 6.32. The lowest BCUT2D eigenvalue weighted by atomic mass is 9.91. The first kappa shape index (κ1) is 16.2. The molecule has 5 heteroatoms. The average Bonchev–Trinajstić information content (AvgIpc) is 2.41. The van der Waals surface area contributed by atoms with Gasteiger partial charge in [-0.2, -0.15) is 0 Å². The number of halogens is 3. The summed E-state index contributed by atoms with van der Waals surface area (Å²) < 4.78 is 19.7. The molecule has 0 saturated carbocycles. The zero-order valence-electron chi connectivity index (χ0n) is 12.1. The third-order valence-electron chi connectivity index (χ3n) is 2.89. The number of pyridine rings is 1. The van der Waals surface area contributed by atoms with Gasteiger partial charge < -0.3 is 4.74 Å². The average molecular weight is 373 g/mol. The minimum absolute atomic E-state index is 0.126. The maximum atomic E-state index is 13.3. The van der Waals surface area contributed by atoms with Crippen molar-refractivity contribution in [3.05, 3.63) is 51.9 Å². The van der Waals surface area contributed by atoms with Crippen molar-refractivity contribution < 1.29 is 9.13 Å². The first-order valence-electron chi connectivity index (χ1n) is 6.50. The van der Waals surface area contributed by atoms with Crippen LogP contribution in [-0.4, -0.2) is 4.98 Å². The van der Waals surface area contributed by atoms with Crippen LogP contribution in [0.4, 0.5) is 4.39 Å². The van der Waals surface area contributed by atoms with E-state index in [2.05, 4.69) is 41.7 Å². The van der Waals surface area contributed by atoms with Crippen LogP contribution in [0.25, 0.3) is 0 Å². The Kier molecular flexibility index (Phi) is 4.89. The fourth-order valence-electron chi connectivity index (χ4n) is 1.74. The van der Waals surface area contributed by atoms with Crippen molar-refractivity contribution in [2.75, 3.05) is 0 Å². The molecule has 2 nitrogen and oxygen atoms in total. The molecular weight excluding hydrogens is 357 g/mol. The molecule has 0 radical (unpaired) electrons. The fourth-order valence-corrected chi connectivity index (χ4v) is 2.22. The molecule has 1 heterocycles. The van der Waals surface area contributed by atoms with Gasteiger partial charge >= 0.3 is 0 Å². The van der Waals surface area contributed by atoms with E-state index in [0.717, 1.165) is 11.3 Å². The number of hydrogen-bond donors (Lipinski definition) is 0. The molecule has 21 heavy (non-hydrogen) atoms. The number of hydrogen-bond acceptors (Lipinski definition) is 2. The van der Waals surface area contributed by atoms with Crippen molar-refractivity contribution in [2.45, 2.75) is 32.1 Å². The summed E-state index contributed by atoms with van der Waals surface area (Å²) in [6.07, 6.45) is 0. The van der Waals surface area contributed by atoms with Gasteiger partial charge in [-0.15, -0.1) is 11.6 Å². The van der Waals surface area contributed by atoms with Gasteiger partial charge in [0.1, 0.15) is 11.6 Å². The van der Waals surface area contributed by atoms with Gasteiger partial charge in [-0.25, -0.2) is 9.37 Å². The largest absolute Gasteiger partial charge is 0.438 e. The van der Waals surface area contributed by atoms with Crippen molar-refractivity contribution >= 4 is 27.5 Å². The van der Waals surface area contributed by atoms with E-state index in [-0.39, 0.29) is 11.2 Å². The van der Waals surface area contributed by atoms with Crippen LogP contribution in [0.2, 0.25) is 0 Å². The molecule has 0 bridgehead atoms. The topological polar surface area (TPSA) is 22.1 Å². The van der Waals surface area contributed by atoms with Crippen molar-refractivity contribution in [2.24, 2.45) is 0 Å². The number of alkyl halides is 1. The fraction of sp³-hybridized carbons (Fsp3) is 0.312. The minimum Gasteiger partial charge on any atom is -0.438 e. The molecular formula is C16H16BrClFNO. The Labute approximate surface area is 137 Å². The Hall–Kier alpha value is -1.13. The van der Waals surface area contributed by atoms with E-state index in [9.17, 15) is 4.39 Å². The van der Waals surface area contributed by atoms with E-state index in [0.29, 0.717) is 22.0 Å². The summed E-state index contributed by atoms with van der Waals surface area (Å²) in [5.41, 5.74) is 1.67. The summed E-state index contributed by atoms with van der Waals surface area (Å²) in [7, 11) is 0. The summed E-state index contributed by atoms with van der Waals surface area (Å²) in [6.45, 7) is 6.19. The molecule has 0 spiro atoms. The van der Waals surface area contributed by atoms with Crippen LogP contribution in [0.5, 0.6) is 11.6 Å². The predicted octanol–water partition coefficient (Wildman–Crippen LogP) is 5.81. The Morgan fingerprint density at radius 2 is 1.95 bits per heavy atom. The highest BCUT2D eigenvalue weighted by atomic mass is 79.9. The standard InChI is InChI=1S/C16H16BrClFNO/c1-16(2,3)14-6-10(9-18)7-15(20-14)21-13-8-11(19)4-5-12(13)17/h4-8H,9H2,1-3H3. The summed E-state index contributed by atoms with van der Waals surface area (Å²) in [5, 5.41) is 0. The molecule has 0 aliphatic carbocycles. The molecule has 2 aromatic rings. The van der Waals surface area contributed by atoms with E-state index in [1.54, 1.807) is 12.1 Å². The lowest BCUT2D eigenvalue weighted by Gasteiger charge is -2.19. The molecule has 1 aromatic heterocycles. The summed E-state index contributed by atoms with van der Waals surface area (Å²) in [4.78, 5) is 4.49. The molecule has 0 N–H and O–H groups in total. The normalized spacial score (nSPS) is 11.5. The van der Waals surface area contributed by atoms with Crippen LogP contribution >= 0.6 is 27.5 Å². The third-order valence-corrected chi connectivity index (χ3v) is 3.86. The van der Waals surface area contributed by atoms with E-state index in [1.165, 1.54) is 12.1 Å². The Balaban J connectivity index is 2.42. The summed E-state index contributed by atoms with van der Waals surface area (Å²) >= 11 is 9.26. The molecule has 0 atom stereocenters. The molecule has 0 aliphatic heterocycles. The highest BCUT2D eigenvalue weighted by Crippen LogP contribution is 2.32. The van der Waals surface area contributed by atoms with Gasteiger partial charge in [0.25, 0.3) is 0 Å². The van der Waals surface area contributed by atoms with E-state index >= 15 is 0 Å². The Bertz CT molecular complexity index is 655. The second-order valence-electron chi connectivity index (χ2n) is 5.76. The molecule has 112 valence electrons. The minimum atomic E-state index is -0.363. The molecule has 0 fully saturated rings. The van der Waals surface area contributed by atoms with Crippen LogP contribution in [0.15, 0.2) is 34.8 Å². The van der Waals surface area contributed by atoms with Gasteiger partial charge in [-0.3, -0.25) is 0 Å². The van der Waals surface area contributed by atoms with Crippen LogP contribution in [0, 0.1) is 5.82 Å². The highest BCUT2D eigenvalue weighted by Gasteiger charge is 2.18. The smallest absolute Gasteiger partial charge is 0.219 e. The number of aromatic nitrogens is 1. The summed E-state index contributed by atoms with van der Waals surface area (Å²) in [5.74, 6) is 0.794. The van der Waals surface area contributed by atoms with Gasteiger partial charge in [0.15, 0.2) is 0 Å². The second-order valence-corrected chi connectivity index (χ2v) is 6.88. The van der Waals surface area contributed by atoms with Crippen LogP contribution < -0.4 is 4.74 Å². The van der Waals surface area contributed by atoms with Crippen molar-refractivity contribution in [1.29, 1.82) is 0 Å². The molecule has 2 rings (SSSR count). The lowest BCUT2D eigenvalue weighted by Crippen LogP contribution is -2.14. The van der Waals surface area contributed by atoms with E-state index in [1.807, 2.05) is 6.07 Å². The quantitative estimate of drug-likeness (QED) is 0.634.